The van der Waals surface area contributed by atoms with E-state index in [4.69, 9.17) is 9.47 Å². The zero-order valence-electron chi connectivity index (χ0n) is 26.5. The molecule has 4 fully saturated rings. The molecule has 0 spiro atoms. The Morgan fingerprint density at radius 2 is 1.91 bits per heavy atom. The molecule has 3 aromatic rings. The van der Waals surface area contributed by atoms with Gasteiger partial charge in [0.05, 0.1) is 41.2 Å². The molecule has 3 saturated heterocycles. The maximum Gasteiger partial charge on any atom is 0.387 e. The Hall–Kier alpha value is -3.30. The number of aldehydes is 1. The lowest BCUT2D eigenvalue weighted by atomic mass is 9.51. The van der Waals surface area contributed by atoms with Crippen molar-refractivity contribution in [2.45, 2.75) is 75.5 Å². The number of anilines is 2. The van der Waals surface area contributed by atoms with Crippen molar-refractivity contribution in [3.63, 3.8) is 0 Å². The van der Waals surface area contributed by atoms with Gasteiger partial charge in [0.25, 0.3) is 5.91 Å². The highest BCUT2D eigenvalue weighted by molar-refractivity contribution is 7.22. The van der Waals surface area contributed by atoms with Crippen LogP contribution < -0.4 is 20.3 Å². The van der Waals surface area contributed by atoms with Crippen molar-refractivity contribution in [3.8, 4) is 5.75 Å². The summed E-state index contributed by atoms with van der Waals surface area (Å²) in [5, 5.41) is 4.71. The van der Waals surface area contributed by atoms with E-state index in [-0.39, 0.29) is 53.8 Å². The Morgan fingerprint density at radius 1 is 1.22 bits per heavy atom. The fraction of sp³-hybridized carbons (Fsp3) is 0.516. The minimum Gasteiger partial charge on any atom is -0.496 e. The average molecular weight is 668 g/mol. The highest BCUT2D eigenvalue weighted by atomic mass is 32.1. The van der Waals surface area contributed by atoms with Crippen LogP contribution in [0.3, 0.4) is 0 Å². The van der Waals surface area contributed by atoms with Gasteiger partial charge in [-0.05, 0) is 51.4 Å². The van der Waals surface area contributed by atoms with Crippen LogP contribution in [0, 0.1) is 11.6 Å². The molecule has 8 nitrogen and oxygen atoms in total. The topological polar surface area (TPSA) is 92.8 Å². The van der Waals surface area contributed by atoms with E-state index in [9.17, 15) is 31.5 Å². The highest BCUT2D eigenvalue weighted by Crippen LogP contribution is 2.69. The van der Waals surface area contributed by atoms with Crippen molar-refractivity contribution in [2.24, 2.45) is 0 Å². The fourth-order valence-corrected chi connectivity index (χ4v) is 7.68. The van der Waals surface area contributed by atoms with E-state index in [1.165, 1.54) is 25.7 Å². The van der Waals surface area contributed by atoms with Gasteiger partial charge in [-0.2, -0.15) is 13.2 Å². The number of benzene rings is 2. The Balaban J connectivity index is 0.000000285. The van der Waals surface area contributed by atoms with E-state index in [1.54, 1.807) is 26.3 Å². The van der Waals surface area contributed by atoms with Gasteiger partial charge in [0.1, 0.15) is 30.2 Å². The predicted octanol–water partition coefficient (Wildman–Crippen LogP) is 6.88. The first-order chi connectivity index (χ1) is 21.8. The molecule has 2 bridgehead atoms. The van der Waals surface area contributed by atoms with Crippen molar-refractivity contribution in [3.05, 3.63) is 47.0 Å². The number of ether oxygens (including phenoxy) is 2. The molecule has 46 heavy (non-hydrogen) atoms. The maximum absolute atomic E-state index is 14.0. The number of hydrogen-bond acceptors (Lipinski definition) is 8. The molecule has 2 aromatic carbocycles. The second kappa shape index (κ2) is 13.8. The summed E-state index contributed by atoms with van der Waals surface area (Å²) < 4.78 is 76.2. The largest absolute Gasteiger partial charge is 0.496 e. The summed E-state index contributed by atoms with van der Waals surface area (Å²) >= 11 is 1.33. The standard InChI is InChI=1S/C22H21F2N3O4S.C7H10BF3N.C2H6/c1-11-6-13(10-30-2)27(11)22-26-16-4-5-18(31-3)19(20(16)32-22)21(29)25-17-8-12(23)7-15(24)14(17)9-28;1-12-5-2-6(3-5,8-4-5)7(9,10)11;1-2/h4-5,7-9,11,13H,6,10H2,1-3H3,(H,25,29);12H,2-4H2,1H3;1-2H3. The van der Waals surface area contributed by atoms with Crippen molar-refractivity contribution in [2.75, 3.05) is 38.1 Å². The van der Waals surface area contributed by atoms with E-state index in [0.29, 0.717) is 29.2 Å². The third kappa shape index (κ3) is 6.46. The molecule has 1 saturated carbocycles. The molecule has 1 radical (unpaired) electrons. The number of methoxy groups -OCH3 is 2. The van der Waals surface area contributed by atoms with E-state index in [1.807, 2.05) is 13.8 Å². The Bertz CT molecular complexity index is 1580. The summed E-state index contributed by atoms with van der Waals surface area (Å²) in [7, 11) is 6.24. The number of alkyl halides is 3. The highest BCUT2D eigenvalue weighted by Gasteiger charge is 2.71. The summed E-state index contributed by atoms with van der Waals surface area (Å²) in [4.78, 5) is 31.3. The predicted molar refractivity (Wildman–Crippen MR) is 170 cm³/mol. The minimum atomic E-state index is -4.04. The molecule has 7 rings (SSSR count). The maximum atomic E-state index is 14.0. The number of carbonyl (C=O) groups excluding carboxylic acids is 2. The second-order valence-corrected chi connectivity index (χ2v) is 12.4. The third-order valence-corrected chi connectivity index (χ3v) is 9.87. The first-order valence-corrected chi connectivity index (χ1v) is 15.7. The van der Waals surface area contributed by atoms with Crippen molar-refractivity contribution in [1.29, 1.82) is 0 Å². The lowest BCUT2D eigenvalue weighted by Gasteiger charge is -2.48. The van der Waals surface area contributed by atoms with Gasteiger partial charge in [-0.1, -0.05) is 31.5 Å². The molecule has 2 atom stereocenters. The first-order valence-electron chi connectivity index (χ1n) is 14.9. The molecule has 1 aromatic heterocycles. The van der Waals surface area contributed by atoms with Crippen molar-refractivity contribution >= 4 is 51.8 Å². The zero-order valence-corrected chi connectivity index (χ0v) is 27.3. The smallest absolute Gasteiger partial charge is 0.387 e. The number of nitrogens with zero attached hydrogens (tertiary/aromatic N) is 2. The van der Waals surface area contributed by atoms with E-state index < -0.39 is 34.6 Å². The summed E-state index contributed by atoms with van der Waals surface area (Å²) in [6.07, 6.45) is -1.80. The number of carbonyl (C=O) groups is 2. The summed E-state index contributed by atoms with van der Waals surface area (Å²) in [6.45, 7) is 6.66. The Morgan fingerprint density at radius 3 is 2.43 bits per heavy atom. The Labute approximate surface area is 269 Å². The molecule has 1 aliphatic carbocycles. The molecule has 3 aliphatic heterocycles. The molecule has 2 unspecified atom stereocenters. The van der Waals surface area contributed by atoms with Gasteiger partial charge in [0, 0.05) is 30.1 Å². The molecule has 2 N–H and O–H groups in total. The van der Waals surface area contributed by atoms with Crippen LogP contribution in [0.25, 0.3) is 10.2 Å². The molecule has 1 amide bonds. The quantitative estimate of drug-likeness (QED) is 0.154. The van der Waals surface area contributed by atoms with Gasteiger partial charge < -0.3 is 25.0 Å². The van der Waals surface area contributed by atoms with Gasteiger partial charge in [0.2, 0.25) is 0 Å². The average Bonchev–Trinajstić information content (AvgIpc) is 3.70. The van der Waals surface area contributed by atoms with Crippen molar-refractivity contribution in [1.82, 2.24) is 10.3 Å². The number of nitrogens with one attached hydrogen (secondary N) is 2. The van der Waals surface area contributed by atoms with Crippen LogP contribution in [0.15, 0.2) is 24.3 Å². The molecule has 4 aliphatic rings. The first kappa shape index (κ1) is 35.6. The van der Waals surface area contributed by atoms with Gasteiger partial charge in [-0.3, -0.25) is 9.59 Å². The number of rotatable bonds is 8. The SMILES string of the molecule is CC.CNC12C[B]C(C(F)(F)F)(C1)C2.COCC1CC(C)N1c1nc2ccc(OC)c(C(=O)Nc3cc(F)cc(F)c3C=O)c2s1. The van der Waals surface area contributed by atoms with E-state index in [0.717, 1.165) is 17.6 Å². The summed E-state index contributed by atoms with van der Waals surface area (Å²) in [5.74, 6) is -2.36. The summed E-state index contributed by atoms with van der Waals surface area (Å²) in [5.41, 5.74) is -0.162. The third-order valence-electron chi connectivity index (χ3n) is 8.76. The number of aromatic nitrogens is 1. The van der Waals surface area contributed by atoms with Crippen LogP contribution in [-0.4, -0.2) is 76.1 Å². The molecule has 249 valence electrons. The monoisotopic (exact) mass is 667 g/mol. The van der Waals surface area contributed by atoms with Gasteiger partial charge >= 0.3 is 6.18 Å². The number of thiazole rings is 1. The van der Waals surface area contributed by atoms with Gasteiger partial charge in [-0.25, -0.2) is 13.8 Å². The normalized spacial score (nSPS) is 24.4. The second-order valence-electron chi connectivity index (χ2n) is 11.5. The van der Waals surface area contributed by atoms with Crippen LogP contribution >= 0.6 is 11.3 Å². The fourth-order valence-electron chi connectivity index (χ4n) is 6.41. The van der Waals surface area contributed by atoms with Crippen LogP contribution in [0.2, 0.25) is 11.6 Å². The molecular weight excluding hydrogens is 630 g/mol. The number of fused-ring (bicyclic) bond motifs is 2. The number of amides is 1. The lowest BCUT2D eigenvalue weighted by molar-refractivity contribution is -0.192. The molecule has 4 heterocycles. The molecular formula is C31H37BF5N4O4S. The van der Waals surface area contributed by atoms with Crippen LogP contribution in [0.4, 0.5) is 32.8 Å². The Kier molecular flexibility index (Phi) is 10.7. The van der Waals surface area contributed by atoms with Crippen molar-refractivity contribution < 1.29 is 41.0 Å². The van der Waals surface area contributed by atoms with Crippen LogP contribution in [0.5, 0.6) is 5.75 Å². The molecule has 15 heteroatoms. The van der Waals surface area contributed by atoms with E-state index >= 15 is 0 Å². The number of hydrogen-bond donors (Lipinski definition) is 2. The van der Waals surface area contributed by atoms with E-state index in [2.05, 4.69) is 27.4 Å². The number of halogens is 5. The van der Waals surface area contributed by atoms with Gasteiger partial charge in [0.15, 0.2) is 11.4 Å². The zero-order chi connectivity index (χ0) is 34.0. The summed E-state index contributed by atoms with van der Waals surface area (Å²) in [6, 6.07) is 5.31. The lowest BCUT2D eigenvalue weighted by Crippen LogP contribution is -2.56. The minimum absolute atomic E-state index is 0.173. The van der Waals surface area contributed by atoms with Gasteiger partial charge in [-0.15, -0.1) is 0 Å². The van der Waals surface area contributed by atoms with Crippen LogP contribution in [-0.2, 0) is 4.74 Å². The van der Waals surface area contributed by atoms with Crippen LogP contribution in [0.1, 0.15) is 60.7 Å².